The number of carbonyl (C=O) groups is 1. The van der Waals surface area contributed by atoms with Crippen LogP contribution in [0, 0.1) is 5.92 Å². The van der Waals surface area contributed by atoms with Gasteiger partial charge in [0.2, 0.25) is 0 Å². The second-order valence-electron chi connectivity index (χ2n) is 11.6. The molecule has 8 nitrogen and oxygen atoms in total. The standard InChI is InChI=1S/C33H31N5O3/c39-33(40)26-19-25(26)20-5-7-22(8-6-20)31-30(36-32-29(11-12-34-38(31)32)37-13-15-41-16-14-37)24-17-23(18-24)28-10-9-21-3-1-2-4-27(21)35-28/h1-12,23-26H,13-19H2,(H,39,40)/t23?,24?,25-,26-/m1/s1. The van der Waals surface area contributed by atoms with Gasteiger partial charge in [-0.05, 0) is 48.9 Å². The average molecular weight is 546 g/mol. The highest BCUT2D eigenvalue weighted by molar-refractivity contribution is 5.79. The van der Waals surface area contributed by atoms with Crippen molar-refractivity contribution in [2.75, 3.05) is 31.2 Å². The number of rotatable bonds is 6. The molecule has 3 aliphatic rings. The van der Waals surface area contributed by atoms with Gasteiger partial charge in [-0.3, -0.25) is 9.78 Å². The first-order valence-corrected chi connectivity index (χ1v) is 14.5. The lowest BCUT2D eigenvalue weighted by Gasteiger charge is -2.34. The molecule has 41 heavy (non-hydrogen) atoms. The van der Waals surface area contributed by atoms with Crippen molar-refractivity contribution in [3.05, 3.63) is 89.9 Å². The number of hydrogen-bond donors (Lipinski definition) is 1. The maximum atomic E-state index is 11.4. The summed E-state index contributed by atoms with van der Waals surface area (Å²) in [5.41, 5.74) is 8.42. The maximum Gasteiger partial charge on any atom is 0.307 e. The molecule has 2 atom stereocenters. The number of fused-ring (bicyclic) bond motifs is 2. The third-order valence-corrected chi connectivity index (χ3v) is 9.16. The number of aromatic nitrogens is 4. The van der Waals surface area contributed by atoms with Gasteiger partial charge in [0.1, 0.15) is 0 Å². The zero-order valence-corrected chi connectivity index (χ0v) is 22.7. The van der Waals surface area contributed by atoms with Crippen LogP contribution in [-0.4, -0.2) is 57.0 Å². The molecule has 1 N–H and O–H groups in total. The molecule has 5 aromatic rings. The van der Waals surface area contributed by atoms with Gasteiger partial charge in [0.25, 0.3) is 0 Å². The van der Waals surface area contributed by atoms with Crippen molar-refractivity contribution < 1.29 is 14.6 Å². The summed E-state index contributed by atoms with van der Waals surface area (Å²) in [5.74, 6) is -0.152. The second kappa shape index (κ2) is 9.66. The fourth-order valence-electron chi connectivity index (χ4n) is 6.67. The fourth-order valence-corrected chi connectivity index (χ4v) is 6.67. The van der Waals surface area contributed by atoms with Crippen LogP contribution in [-0.2, 0) is 9.53 Å². The van der Waals surface area contributed by atoms with Crippen LogP contribution in [0.15, 0.2) is 72.9 Å². The van der Waals surface area contributed by atoms with Crippen molar-refractivity contribution in [2.24, 2.45) is 5.92 Å². The highest BCUT2D eigenvalue weighted by atomic mass is 16.5. The minimum Gasteiger partial charge on any atom is -0.481 e. The summed E-state index contributed by atoms with van der Waals surface area (Å²) >= 11 is 0. The van der Waals surface area contributed by atoms with Crippen LogP contribution in [0.3, 0.4) is 0 Å². The minimum atomic E-state index is -0.705. The highest BCUT2D eigenvalue weighted by Crippen LogP contribution is 2.51. The van der Waals surface area contributed by atoms with E-state index in [2.05, 4.69) is 65.6 Å². The van der Waals surface area contributed by atoms with E-state index < -0.39 is 5.97 Å². The Morgan fingerprint density at radius 3 is 2.46 bits per heavy atom. The van der Waals surface area contributed by atoms with Gasteiger partial charge in [-0.15, -0.1) is 0 Å². The van der Waals surface area contributed by atoms with Crippen molar-refractivity contribution in [2.45, 2.75) is 37.0 Å². The van der Waals surface area contributed by atoms with Crippen LogP contribution in [0.25, 0.3) is 27.8 Å². The van der Waals surface area contributed by atoms with E-state index in [1.165, 1.54) is 5.39 Å². The van der Waals surface area contributed by atoms with Crippen LogP contribution in [0.2, 0.25) is 0 Å². The van der Waals surface area contributed by atoms with Crippen LogP contribution < -0.4 is 4.90 Å². The largest absolute Gasteiger partial charge is 0.481 e. The first kappa shape index (κ1) is 24.5. The summed E-state index contributed by atoms with van der Waals surface area (Å²) in [4.78, 5) is 24.0. The van der Waals surface area contributed by atoms with Gasteiger partial charge in [0.15, 0.2) is 5.65 Å². The van der Waals surface area contributed by atoms with E-state index in [4.69, 9.17) is 19.8 Å². The first-order chi connectivity index (χ1) is 20.1. The zero-order valence-electron chi connectivity index (χ0n) is 22.7. The summed E-state index contributed by atoms with van der Waals surface area (Å²) in [5, 5.41) is 15.4. The predicted molar refractivity (Wildman–Crippen MR) is 156 cm³/mol. The summed E-state index contributed by atoms with van der Waals surface area (Å²) in [6, 6.07) is 23.1. The highest BCUT2D eigenvalue weighted by Gasteiger charge is 2.44. The van der Waals surface area contributed by atoms with Crippen LogP contribution in [0.5, 0.6) is 0 Å². The van der Waals surface area contributed by atoms with Gasteiger partial charge in [-0.1, -0.05) is 48.5 Å². The maximum absolute atomic E-state index is 11.4. The molecular weight excluding hydrogens is 514 g/mol. The molecule has 0 bridgehead atoms. The Labute approximate surface area is 237 Å². The van der Waals surface area contributed by atoms with Gasteiger partial charge in [-0.25, -0.2) is 9.50 Å². The number of nitrogens with zero attached hydrogens (tertiary/aromatic N) is 5. The van der Waals surface area contributed by atoms with Crippen molar-refractivity contribution in [1.29, 1.82) is 0 Å². The molecule has 2 aliphatic carbocycles. The molecule has 0 amide bonds. The van der Waals surface area contributed by atoms with Crippen molar-refractivity contribution in [1.82, 2.24) is 19.6 Å². The molecule has 1 saturated heterocycles. The third-order valence-electron chi connectivity index (χ3n) is 9.16. The Hall–Kier alpha value is -4.30. The molecule has 3 fully saturated rings. The number of carboxylic acids is 1. The number of anilines is 1. The number of benzene rings is 2. The lowest BCUT2D eigenvalue weighted by atomic mass is 9.71. The van der Waals surface area contributed by atoms with Crippen molar-refractivity contribution in [3.8, 4) is 11.3 Å². The summed E-state index contributed by atoms with van der Waals surface area (Å²) < 4.78 is 7.62. The molecule has 0 unspecified atom stereocenters. The van der Waals surface area contributed by atoms with E-state index >= 15 is 0 Å². The molecule has 3 aromatic heterocycles. The number of imidazole rings is 1. The molecule has 0 radical (unpaired) electrons. The molecule has 4 heterocycles. The summed E-state index contributed by atoms with van der Waals surface area (Å²) in [6.45, 7) is 3.07. The Morgan fingerprint density at radius 2 is 1.68 bits per heavy atom. The number of para-hydroxylation sites is 1. The lowest BCUT2D eigenvalue weighted by molar-refractivity contribution is -0.138. The Kier molecular flexibility index (Phi) is 5.77. The molecule has 0 spiro atoms. The summed E-state index contributed by atoms with van der Waals surface area (Å²) in [7, 11) is 0. The number of hydrogen-bond acceptors (Lipinski definition) is 6. The number of aliphatic carboxylic acids is 1. The third kappa shape index (κ3) is 4.25. The normalized spacial score (nSPS) is 24.0. The smallest absolute Gasteiger partial charge is 0.307 e. The molecule has 206 valence electrons. The van der Waals surface area contributed by atoms with Crippen LogP contribution in [0.4, 0.5) is 5.69 Å². The molecule has 2 aromatic carbocycles. The van der Waals surface area contributed by atoms with Crippen molar-refractivity contribution in [3.63, 3.8) is 0 Å². The Morgan fingerprint density at radius 1 is 0.878 bits per heavy atom. The van der Waals surface area contributed by atoms with E-state index in [1.807, 2.05) is 16.8 Å². The molecular formula is C33H31N5O3. The van der Waals surface area contributed by atoms with E-state index in [9.17, 15) is 9.90 Å². The van der Waals surface area contributed by atoms with Gasteiger partial charge in [-0.2, -0.15) is 5.10 Å². The summed E-state index contributed by atoms with van der Waals surface area (Å²) in [6.07, 6.45) is 4.57. The average Bonchev–Trinajstić information content (AvgIpc) is 3.71. The number of carboxylic acid groups (broad SMARTS) is 1. The topological polar surface area (TPSA) is 92.8 Å². The molecule has 1 aliphatic heterocycles. The van der Waals surface area contributed by atoms with E-state index in [-0.39, 0.29) is 11.8 Å². The number of ether oxygens (including phenoxy) is 1. The molecule has 8 heteroatoms. The minimum absolute atomic E-state index is 0.107. The van der Waals surface area contributed by atoms with Gasteiger partial charge < -0.3 is 14.7 Å². The Bertz CT molecular complexity index is 1770. The van der Waals surface area contributed by atoms with Crippen LogP contribution >= 0.6 is 0 Å². The van der Waals surface area contributed by atoms with Crippen molar-refractivity contribution >= 4 is 28.2 Å². The molecule has 8 rings (SSSR count). The monoisotopic (exact) mass is 545 g/mol. The zero-order chi connectivity index (χ0) is 27.5. The predicted octanol–water partition coefficient (Wildman–Crippen LogP) is 5.63. The number of morpholine rings is 1. The van der Waals surface area contributed by atoms with Gasteiger partial charge in [0, 0.05) is 41.6 Å². The van der Waals surface area contributed by atoms with E-state index in [0.717, 1.165) is 71.0 Å². The number of pyridine rings is 1. The molecule has 2 saturated carbocycles. The van der Waals surface area contributed by atoms with Crippen LogP contribution in [0.1, 0.15) is 54.0 Å². The quantitative estimate of drug-likeness (QED) is 0.296. The lowest BCUT2D eigenvalue weighted by Crippen LogP contribution is -2.36. The SMILES string of the molecule is O=C(O)[C@@H]1C[C@@H]1c1ccc(-c2c(C3CC(c4ccc5ccccc5n4)C3)nc3c(N4CCOCC4)ccnn23)cc1. The first-order valence-electron chi connectivity index (χ1n) is 14.5. The van der Waals surface area contributed by atoms with Gasteiger partial charge >= 0.3 is 5.97 Å². The van der Waals surface area contributed by atoms with E-state index in [1.54, 1.807) is 0 Å². The van der Waals surface area contributed by atoms with E-state index in [0.29, 0.717) is 31.5 Å². The van der Waals surface area contributed by atoms with Gasteiger partial charge in [0.05, 0.1) is 47.9 Å². The Balaban J connectivity index is 1.16. The fraction of sp³-hybridized carbons (Fsp3) is 0.333. The second-order valence-corrected chi connectivity index (χ2v) is 11.6.